The minimum absolute atomic E-state index is 0.00983. The lowest BCUT2D eigenvalue weighted by atomic mass is 10.0. The molecule has 0 saturated carbocycles. The monoisotopic (exact) mass is 448 g/mol. The lowest BCUT2D eigenvalue weighted by molar-refractivity contribution is -0.138. The van der Waals surface area contributed by atoms with Gasteiger partial charge in [-0.3, -0.25) is 9.59 Å². The van der Waals surface area contributed by atoms with Gasteiger partial charge >= 0.3 is 11.9 Å². The van der Waals surface area contributed by atoms with Gasteiger partial charge < -0.3 is 20.1 Å². The number of methoxy groups -OCH3 is 2. The molecule has 33 heavy (non-hydrogen) atoms. The maximum absolute atomic E-state index is 13.0. The molecule has 0 aliphatic heterocycles. The summed E-state index contributed by atoms with van der Waals surface area (Å²) in [6.07, 6.45) is 4.35. The standard InChI is InChI=1S/C25H24N2O6/c1-32-23(29)15-22(25(31)33-2)27-20-12-11-17(24(30)16-7-4-3-5-8-16)13-21(20)26-18-9-6-10-19(28)14-18/h3-5,7-8,11-15,26-27H,6,9-10H2,1-2H3/b22-15+. The molecule has 3 rings (SSSR count). The first-order valence-electron chi connectivity index (χ1n) is 10.3. The Bertz CT molecular complexity index is 1130. The van der Waals surface area contributed by atoms with Crippen molar-refractivity contribution >= 4 is 34.9 Å². The molecule has 8 heteroatoms. The van der Waals surface area contributed by atoms with E-state index < -0.39 is 11.9 Å². The maximum Gasteiger partial charge on any atom is 0.354 e. The van der Waals surface area contributed by atoms with E-state index in [2.05, 4.69) is 15.4 Å². The number of esters is 2. The highest BCUT2D eigenvalue weighted by atomic mass is 16.5. The number of hydrogen-bond donors (Lipinski definition) is 2. The Morgan fingerprint density at radius 3 is 2.33 bits per heavy atom. The highest BCUT2D eigenvalue weighted by molar-refractivity contribution is 6.10. The van der Waals surface area contributed by atoms with Gasteiger partial charge in [-0.1, -0.05) is 30.3 Å². The molecule has 2 aromatic carbocycles. The van der Waals surface area contributed by atoms with Crippen LogP contribution in [0.2, 0.25) is 0 Å². The van der Waals surface area contributed by atoms with Gasteiger partial charge in [0.25, 0.3) is 0 Å². The van der Waals surface area contributed by atoms with Crippen molar-refractivity contribution in [2.45, 2.75) is 19.3 Å². The molecular formula is C25H24N2O6. The van der Waals surface area contributed by atoms with Gasteiger partial charge in [0.1, 0.15) is 5.70 Å². The molecule has 0 heterocycles. The van der Waals surface area contributed by atoms with Crippen LogP contribution in [0, 0.1) is 0 Å². The normalized spacial score (nSPS) is 13.6. The summed E-state index contributed by atoms with van der Waals surface area (Å²) in [7, 11) is 2.38. The smallest absolute Gasteiger partial charge is 0.354 e. The molecule has 0 unspecified atom stereocenters. The fourth-order valence-corrected chi connectivity index (χ4v) is 3.30. The molecule has 1 aliphatic carbocycles. The molecule has 0 radical (unpaired) electrons. The predicted molar refractivity (Wildman–Crippen MR) is 123 cm³/mol. The number of carbonyl (C=O) groups excluding carboxylic acids is 4. The first-order chi connectivity index (χ1) is 15.9. The van der Waals surface area contributed by atoms with Gasteiger partial charge in [-0.2, -0.15) is 0 Å². The Hall–Kier alpha value is -4.20. The Balaban J connectivity index is 2.01. The van der Waals surface area contributed by atoms with E-state index in [9.17, 15) is 19.2 Å². The molecule has 0 atom stereocenters. The van der Waals surface area contributed by atoms with E-state index in [-0.39, 0.29) is 17.3 Å². The molecular weight excluding hydrogens is 424 g/mol. The third-order valence-corrected chi connectivity index (χ3v) is 4.96. The largest absolute Gasteiger partial charge is 0.466 e. The van der Waals surface area contributed by atoms with Crippen molar-refractivity contribution in [2.24, 2.45) is 0 Å². The van der Waals surface area contributed by atoms with Gasteiger partial charge in [0.05, 0.1) is 31.7 Å². The van der Waals surface area contributed by atoms with E-state index in [1.165, 1.54) is 20.3 Å². The Morgan fingerprint density at radius 1 is 0.909 bits per heavy atom. The first kappa shape index (κ1) is 23.5. The van der Waals surface area contributed by atoms with E-state index in [0.717, 1.165) is 6.08 Å². The van der Waals surface area contributed by atoms with Gasteiger partial charge in [0.2, 0.25) is 0 Å². The zero-order valence-electron chi connectivity index (χ0n) is 18.3. The van der Waals surface area contributed by atoms with Crippen LogP contribution >= 0.6 is 0 Å². The molecule has 0 bridgehead atoms. The van der Waals surface area contributed by atoms with Crippen LogP contribution in [0.4, 0.5) is 11.4 Å². The highest BCUT2D eigenvalue weighted by Gasteiger charge is 2.18. The van der Waals surface area contributed by atoms with Crippen molar-refractivity contribution in [1.29, 1.82) is 0 Å². The molecule has 8 nitrogen and oxygen atoms in total. The zero-order chi connectivity index (χ0) is 23.8. The molecule has 170 valence electrons. The predicted octanol–water partition coefficient (Wildman–Crippen LogP) is 3.61. The number of hydrogen-bond acceptors (Lipinski definition) is 8. The van der Waals surface area contributed by atoms with Crippen LogP contribution in [0.5, 0.6) is 0 Å². The van der Waals surface area contributed by atoms with Crippen molar-refractivity contribution in [3.63, 3.8) is 0 Å². The molecule has 0 fully saturated rings. The molecule has 2 N–H and O–H groups in total. The number of ether oxygens (including phenoxy) is 2. The zero-order valence-corrected chi connectivity index (χ0v) is 18.3. The third kappa shape index (κ3) is 6.16. The molecule has 0 amide bonds. The van der Waals surface area contributed by atoms with E-state index >= 15 is 0 Å². The highest BCUT2D eigenvalue weighted by Crippen LogP contribution is 2.29. The molecule has 0 spiro atoms. The number of allylic oxidation sites excluding steroid dienone is 2. The molecule has 0 saturated heterocycles. The SMILES string of the molecule is COC(=O)/C=C(/Nc1ccc(C(=O)c2ccccc2)cc1NC1=CC(=O)CCC1)C(=O)OC. The second kappa shape index (κ2) is 10.9. The fourth-order valence-electron chi connectivity index (χ4n) is 3.30. The van der Waals surface area contributed by atoms with Crippen LogP contribution in [0.1, 0.15) is 35.2 Å². The summed E-state index contributed by atoms with van der Waals surface area (Å²) < 4.78 is 9.35. The number of nitrogens with one attached hydrogen (secondary N) is 2. The van der Waals surface area contributed by atoms with E-state index in [1.807, 2.05) is 6.07 Å². The Labute approximate surface area is 191 Å². The summed E-state index contributed by atoms with van der Waals surface area (Å²) in [6.45, 7) is 0. The van der Waals surface area contributed by atoms with Crippen molar-refractivity contribution < 1.29 is 28.7 Å². The number of carbonyl (C=O) groups is 4. The van der Waals surface area contributed by atoms with E-state index in [1.54, 1.807) is 42.5 Å². The Morgan fingerprint density at radius 2 is 1.67 bits per heavy atom. The number of rotatable bonds is 8. The lowest BCUT2D eigenvalue weighted by Crippen LogP contribution is -2.17. The molecule has 1 aliphatic rings. The van der Waals surface area contributed by atoms with Gasteiger partial charge in [-0.15, -0.1) is 0 Å². The number of benzene rings is 2. The third-order valence-electron chi connectivity index (χ3n) is 4.96. The summed E-state index contributed by atoms with van der Waals surface area (Å²) in [5.74, 6) is -1.69. The summed E-state index contributed by atoms with van der Waals surface area (Å²) in [5, 5.41) is 6.06. The minimum Gasteiger partial charge on any atom is -0.466 e. The summed E-state index contributed by atoms with van der Waals surface area (Å²) in [6, 6.07) is 13.7. The van der Waals surface area contributed by atoms with Crippen molar-refractivity contribution in [1.82, 2.24) is 0 Å². The van der Waals surface area contributed by atoms with Crippen LogP contribution in [-0.4, -0.2) is 37.7 Å². The second-order valence-electron chi connectivity index (χ2n) is 7.27. The average Bonchev–Trinajstić information content (AvgIpc) is 2.84. The first-order valence-corrected chi connectivity index (χ1v) is 10.3. The van der Waals surface area contributed by atoms with E-state index in [0.29, 0.717) is 47.5 Å². The summed E-state index contributed by atoms with van der Waals surface area (Å²) >= 11 is 0. The summed E-state index contributed by atoms with van der Waals surface area (Å²) in [4.78, 5) is 48.7. The van der Waals surface area contributed by atoms with Crippen molar-refractivity contribution in [3.8, 4) is 0 Å². The van der Waals surface area contributed by atoms with Crippen LogP contribution < -0.4 is 10.6 Å². The van der Waals surface area contributed by atoms with Crippen LogP contribution in [-0.2, 0) is 23.9 Å². The maximum atomic E-state index is 13.0. The van der Waals surface area contributed by atoms with Gasteiger partial charge in [0, 0.05) is 29.3 Å². The van der Waals surface area contributed by atoms with Crippen molar-refractivity contribution in [3.05, 3.63) is 83.2 Å². The fraction of sp³-hybridized carbons (Fsp3) is 0.200. The summed E-state index contributed by atoms with van der Waals surface area (Å²) in [5.41, 5.74) is 2.33. The number of anilines is 2. The van der Waals surface area contributed by atoms with Crippen LogP contribution in [0.3, 0.4) is 0 Å². The topological polar surface area (TPSA) is 111 Å². The van der Waals surface area contributed by atoms with Crippen molar-refractivity contribution in [2.75, 3.05) is 24.9 Å². The minimum atomic E-state index is -0.775. The van der Waals surface area contributed by atoms with E-state index in [4.69, 9.17) is 4.74 Å². The lowest BCUT2D eigenvalue weighted by Gasteiger charge is -2.19. The Kier molecular flexibility index (Phi) is 7.75. The average molecular weight is 448 g/mol. The molecule has 2 aromatic rings. The van der Waals surface area contributed by atoms with Crippen LogP contribution in [0.15, 0.2) is 72.1 Å². The number of ketones is 2. The second-order valence-corrected chi connectivity index (χ2v) is 7.27. The quantitative estimate of drug-likeness (QED) is 0.358. The van der Waals surface area contributed by atoms with Crippen LogP contribution in [0.25, 0.3) is 0 Å². The molecule has 0 aromatic heterocycles. The van der Waals surface area contributed by atoms with Gasteiger partial charge in [0.15, 0.2) is 11.6 Å². The van der Waals surface area contributed by atoms with Gasteiger partial charge in [-0.25, -0.2) is 9.59 Å². The van der Waals surface area contributed by atoms with Gasteiger partial charge in [-0.05, 0) is 31.0 Å².